The highest BCUT2D eigenvalue weighted by Gasteiger charge is 2.23. The Morgan fingerprint density at radius 3 is 2.84 bits per heavy atom. The number of nitrogens with zero attached hydrogens (tertiary/aromatic N) is 3. The van der Waals surface area contributed by atoms with Crippen molar-refractivity contribution in [3.05, 3.63) is 57.0 Å². The van der Waals surface area contributed by atoms with Crippen LogP contribution < -0.4 is 10.9 Å². The maximum Gasteiger partial charge on any atom is 0.266 e. The van der Waals surface area contributed by atoms with Crippen LogP contribution in [0.4, 0.5) is 5.69 Å². The Morgan fingerprint density at radius 1 is 1.29 bits per heavy atom. The number of likely N-dealkylation sites (tertiary alicyclic amines) is 1. The molecular formula is C23H26N4O3S. The highest BCUT2D eigenvalue weighted by Crippen LogP contribution is 2.28. The number of anilines is 1. The third-order valence-corrected chi connectivity index (χ3v) is 6.91. The van der Waals surface area contributed by atoms with E-state index in [4.69, 9.17) is 0 Å². The SMILES string of the molecule is Cc1cccc(NC(=O)c2sc3ncn(CC(=O)N4CCC[C@@H](C)C4)c(=O)c3c2C)c1. The average Bonchev–Trinajstić information content (AvgIpc) is 3.07. The number of carbonyl (C=O) groups is 2. The Morgan fingerprint density at radius 2 is 2.10 bits per heavy atom. The van der Waals surface area contributed by atoms with E-state index in [2.05, 4.69) is 17.2 Å². The van der Waals surface area contributed by atoms with Crippen LogP contribution in [0.1, 0.15) is 40.6 Å². The summed E-state index contributed by atoms with van der Waals surface area (Å²) < 4.78 is 1.35. The molecule has 1 aliphatic heterocycles. The van der Waals surface area contributed by atoms with Crippen molar-refractivity contribution >= 4 is 39.1 Å². The average molecular weight is 439 g/mol. The molecule has 0 bridgehead atoms. The summed E-state index contributed by atoms with van der Waals surface area (Å²) in [5.74, 6) is 0.138. The van der Waals surface area contributed by atoms with Crippen LogP contribution in [0.2, 0.25) is 0 Å². The van der Waals surface area contributed by atoms with Gasteiger partial charge in [-0.05, 0) is 55.9 Å². The lowest BCUT2D eigenvalue weighted by atomic mass is 10.0. The highest BCUT2D eigenvalue weighted by molar-refractivity contribution is 7.20. The van der Waals surface area contributed by atoms with E-state index in [9.17, 15) is 14.4 Å². The number of hydrogen-bond acceptors (Lipinski definition) is 5. The Labute approximate surface area is 184 Å². The molecule has 2 aromatic heterocycles. The molecule has 7 nitrogen and oxygen atoms in total. The van der Waals surface area contributed by atoms with E-state index < -0.39 is 0 Å². The van der Waals surface area contributed by atoms with E-state index in [1.807, 2.05) is 36.1 Å². The molecule has 3 heterocycles. The predicted octanol–water partition coefficient (Wildman–Crippen LogP) is 3.59. The molecule has 1 aliphatic rings. The second-order valence-corrected chi connectivity index (χ2v) is 9.32. The number of amides is 2. The molecule has 2 amide bonds. The van der Waals surface area contributed by atoms with Crippen LogP contribution in [0.15, 0.2) is 35.4 Å². The van der Waals surface area contributed by atoms with Gasteiger partial charge >= 0.3 is 0 Å². The number of fused-ring (bicyclic) bond motifs is 1. The van der Waals surface area contributed by atoms with Crippen molar-refractivity contribution in [2.24, 2.45) is 5.92 Å². The van der Waals surface area contributed by atoms with Crippen molar-refractivity contribution in [1.82, 2.24) is 14.5 Å². The minimum absolute atomic E-state index is 0.0331. The van der Waals surface area contributed by atoms with E-state index in [1.165, 1.54) is 22.2 Å². The quantitative estimate of drug-likeness (QED) is 0.675. The van der Waals surface area contributed by atoms with Gasteiger partial charge < -0.3 is 10.2 Å². The van der Waals surface area contributed by atoms with Crippen molar-refractivity contribution in [3.8, 4) is 0 Å². The second kappa shape index (κ2) is 8.63. The van der Waals surface area contributed by atoms with Crippen molar-refractivity contribution in [3.63, 3.8) is 0 Å². The van der Waals surface area contributed by atoms with Gasteiger partial charge in [0.15, 0.2) is 0 Å². The lowest BCUT2D eigenvalue weighted by Gasteiger charge is -2.31. The third kappa shape index (κ3) is 4.39. The van der Waals surface area contributed by atoms with Gasteiger partial charge in [0, 0.05) is 18.8 Å². The van der Waals surface area contributed by atoms with Crippen LogP contribution in [-0.2, 0) is 11.3 Å². The van der Waals surface area contributed by atoms with Crippen LogP contribution in [0.3, 0.4) is 0 Å². The molecule has 8 heteroatoms. The van der Waals surface area contributed by atoms with Gasteiger partial charge in [-0.25, -0.2) is 4.98 Å². The molecule has 0 saturated carbocycles. The van der Waals surface area contributed by atoms with Gasteiger partial charge in [-0.15, -0.1) is 11.3 Å². The van der Waals surface area contributed by atoms with Gasteiger partial charge in [0.2, 0.25) is 5.91 Å². The topological polar surface area (TPSA) is 84.3 Å². The highest BCUT2D eigenvalue weighted by atomic mass is 32.1. The molecule has 0 aliphatic carbocycles. The Hall–Kier alpha value is -3.00. The van der Waals surface area contributed by atoms with Crippen LogP contribution in [0, 0.1) is 19.8 Å². The minimum atomic E-state index is -0.285. The molecule has 4 rings (SSSR count). The maximum absolute atomic E-state index is 13.1. The molecule has 3 aromatic rings. The molecule has 31 heavy (non-hydrogen) atoms. The second-order valence-electron chi connectivity index (χ2n) is 8.32. The number of thiophene rings is 1. The summed E-state index contributed by atoms with van der Waals surface area (Å²) in [5.41, 5.74) is 2.06. The number of rotatable bonds is 4. The van der Waals surface area contributed by atoms with Gasteiger partial charge in [-0.3, -0.25) is 19.0 Å². The summed E-state index contributed by atoms with van der Waals surface area (Å²) in [5, 5.41) is 3.29. The zero-order valence-corrected chi connectivity index (χ0v) is 18.8. The van der Waals surface area contributed by atoms with Gasteiger partial charge in [-0.2, -0.15) is 0 Å². The molecule has 162 valence electrons. The number of benzene rings is 1. The van der Waals surface area contributed by atoms with E-state index in [-0.39, 0.29) is 23.9 Å². The van der Waals surface area contributed by atoms with E-state index in [0.717, 1.165) is 31.5 Å². The summed E-state index contributed by atoms with van der Waals surface area (Å²) in [4.78, 5) is 45.8. The number of aryl methyl sites for hydroxylation is 2. The van der Waals surface area contributed by atoms with E-state index >= 15 is 0 Å². The Kier molecular flexibility index (Phi) is 5.91. The zero-order chi connectivity index (χ0) is 22.1. The van der Waals surface area contributed by atoms with E-state index in [1.54, 1.807) is 6.92 Å². The summed E-state index contributed by atoms with van der Waals surface area (Å²) in [6, 6.07) is 7.55. The summed E-state index contributed by atoms with van der Waals surface area (Å²) in [6.45, 7) is 7.27. The van der Waals surface area contributed by atoms with Crippen LogP contribution in [-0.4, -0.2) is 39.4 Å². The van der Waals surface area contributed by atoms with Crippen molar-refractivity contribution in [1.29, 1.82) is 0 Å². The Balaban J connectivity index is 1.59. The normalized spacial score (nSPS) is 16.5. The van der Waals surface area contributed by atoms with Gasteiger partial charge in [0.25, 0.3) is 11.5 Å². The molecular weight excluding hydrogens is 412 g/mol. The first kappa shape index (κ1) is 21.2. The standard InChI is InChI=1S/C23H26N4O3S/c1-14-6-4-8-17(10-14)25-21(29)20-16(3)19-22(31-20)24-13-27(23(19)30)12-18(28)26-9-5-7-15(2)11-26/h4,6,8,10,13,15H,5,7,9,11-12H2,1-3H3,(H,25,29)/t15-/m1/s1. The maximum atomic E-state index is 13.1. The van der Waals surface area contributed by atoms with Crippen molar-refractivity contribution in [2.75, 3.05) is 18.4 Å². The first-order valence-electron chi connectivity index (χ1n) is 10.5. The fourth-order valence-corrected chi connectivity index (χ4v) is 5.10. The first-order valence-corrected chi connectivity index (χ1v) is 11.3. The third-order valence-electron chi connectivity index (χ3n) is 5.71. The summed E-state index contributed by atoms with van der Waals surface area (Å²) >= 11 is 1.19. The summed E-state index contributed by atoms with van der Waals surface area (Å²) in [7, 11) is 0. The lowest BCUT2D eigenvalue weighted by Crippen LogP contribution is -2.42. The smallest absolute Gasteiger partial charge is 0.266 e. The zero-order valence-electron chi connectivity index (χ0n) is 18.0. The van der Waals surface area contributed by atoms with E-state index in [0.29, 0.717) is 32.3 Å². The number of hydrogen-bond donors (Lipinski definition) is 1. The largest absolute Gasteiger partial charge is 0.341 e. The van der Waals surface area contributed by atoms with Crippen LogP contribution >= 0.6 is 11.3 Å². The molecule has 0 unspecified atom stereocenters. The molecule has 1 fully saturated rings. The fraction of sp³-hybridized carbons (Fsp3) is 0.391. The molecule has 1 saturated heterocycles. The predicted molar refractivity (Wildman–Crippen MR) is 123 cm³/mol. The summed E-state index contributed by atoms with van der Waals surface area (Å²) in [6.07, 6.45) is 3.52. The molecule has 0 spiro atoms. The first-order chi connectivity index (χ1) is 14.8. The molecule has 0 radical (unpaired) electrons. The lowest BCUT2D eigenvalue weighted by molar-refractivity contribution is -0.133. The fourth-order valence-electron chi connectivity index (χ4n) is 4.06. The van der Waals surface area contributed by atoms with Gasteiger partial charge in [0.1, 0.15) is 11.4 Å². The van der Waals surface area contributed by atoms with Gasteiger partial charge in [0.05, 0.1) is 16.6 Å². The van der Waals surface area contributed by atoms with Gasteiger partial charge in [-0.1, -0.05) is 19.1 Å². The molecule has 1 aromatic carbocycles. The minimum Gasteiger partial charge on any atom is -0.341 e. The van der Waals surface area contributed by atoms with Crippen molar-refractivity contribution in [2.45, 2.75) is 40.2 Å². The Bertz CT molecular complexity index is 1210. The molecule has 1 atom stereocenters. The van der Waals surface area contributed by atoms with Crippen LogP contribution in [0.25, 0.3) is 10.2 Å². The van der Waals surface area contributed by atoms with Crippen LogP contribution in [0.5, 0.6) is 0 Å². The number of aromatic nitrogens is 2. The van der Waals surface area contributed by atoms with Crippen molar-refractivity contribution < 1.29 is 9.59 Å². The monoisotopic (exact) mass is 438 g/mol. The molecule has 1 N–H and O–H groups in total. The number of piperidine rings is 1. The number of nitrogens with one attached hydrogen (secondary N) is 1. The number of carbonyl (C=O) groups excluding carboxylic acids is 2.